The fourth-order valence-electron chi connectivity index (χ4n) is 1.79. The normalized spacial score (nSPS) is 10.2. The molecular formula is C14H21N3O3. The van der Waals surface area contributed by atoms with Gasteiger partial charge < -0.3 is 20.2 Å². The maximum atomic E-state index is 12.2. The van der Waals surface area contributed by atoms with Gasteiger partial charge in [0.05, 0.1) is 11.4 Å². The maximum Gasteiger partial charge on any atom is 0.323 e. The van der Waals surface area contributed by atoms with E-state index in [1.165, 1.54) is 4.90 Å². The number of carboxylic acids is 1. The van der Waals surface area contributed by atoms with Gasteiger partial charge in [-0.15, -0.1) is 0 Å². The van der Waals surface area contributed by atoms with Gasteiger partial charge >= 0.3 is 12.0 Å². The van der Waals surface area contributed by atoms with Crippen molar-refractivity contribution in [3.8, 4) is 0 Å². The number of aliphatic carboxylic acids is 1. The quantitative estimate of drug-likeness (QED) is 0.865. The van der Waals surface area contributed by atoms with Crippen molar-refractivity contribution in [2.75, 3.05) is 30.9 Å². The molecule has 0 atom stereocenters. The van der Waals surface area contributed by atoms with E-state index in [0.717, 1.165) is 5.69 Å². The van der Waals surface area contributed by atoms with Crippen LogP contribution in [0.4, 0.5) is 16.2 Å². The Labute approximate surface area is 119 Å². The number of nitrogens with zero attached hydrogens (tertiary/aromatic N) is 2. The van der Waals surface area contributed by atoms with Gasteiger partial charge in [-0.25, -0.2) is 4.79 Å². The number of amides is 2. The van der Waals surface area contributed by atoms with E-state index < -0.39 is 12.0 Å². The van der Waals surface area contributed by atoms with Gasteiger partial charge in [0, 0.05) is 20.1 Å². The largest absolute Gasteiger partial charge is 0.480 e. The predicted molar refractivity (Wildman–Crippen MR) is 79.3 cm³/mol. The molecule has 0 aromatic heterocycles. The van der Waals surface area contributed by atoms with Crippen LogP contribution in [-0.2, 0) is 4.79 Å². The van der Waals surface area contributed by atoms with Gasteiger partial charge in [-0.3, -0.25) is 4.79 Å². The zero-order chi connectivity index (χ0) is 15.3. The van der Waals surface area contributed by atoms with E-state index in [9.17, 15) is 9.59 Å². The van der Waals surface area contributed by atoms with Gasteiger partial charge in [-0.05, 0) is 26.0 Å². The molecular weight excluding hydrogens is 258 g/mol. The third-order valence-electron chi connectivity index (χ3n) is 2.82. The molecule has 1 aromatic carbocycles. The topological polar surface area (TPSA) is 72.9 Å². The fourth-order valence-corrected chi connectivity index (χ4v) is 1.79. The lowest BCUT2D eigenvalue weighted by Crippen LogP contribution is -2.43. The van der Waals surface area contributed by atoms with Crippen LogP contribution >= 0.6 is 0 Å². The molecule has 0 aliphatic rings. The molecule has 2 amide bonds. The lowest BCUT2D eigenvalue weighted by molar-refractivity contribution is -0.137. The van der Waals surface area contributed by atoms with Crippen LogP contribution in [0.5, 0.6) is 0 Å². The summed E-state index contributed by atoms with van der Waals surface area (Å²) in [5.41, 5.74) is 1.51. The van der Waals surface area contributed by atoms with E-state index in [4.69, 9.17) is 5.11 Å². The van der Waals surface area contributed by atoms with Crippen LogP contribution in [0, 0.1) is 0 Å². The molecule has 0 bridgehead atoms. The first-order valence-corrected chi connectivity index (χ1v) is 6.38. The predicted octanol–water partition coefficient (Wildman–Crippen LogP) is 2.08. The molecule has 1 aromatic rings. The van der Waals surface area contributed by atoms with Gasteiger partial charge in [0.15, 0.2) is 0 Å². The highest BCUT2D eigenvalue weighted by molar-refractivity contribution is 5.94. The van der Waals surface area contributed by atoms with Gasteiger partial charge in [-0.2, -0.15) is 0 Å². The van der Waals surface area contributed by atoms with Crippen LogP contribution in [0.1, 0.15) is 13.8 Å². The van der Waals surface area contributed by atoms with Crippen molar-refractivity contribution in [2.45, 2.75) is 19.9 Å². The molecule has 0 fully saturated rings. The minimum atomic E-state index is -1.03. The summed E-state index contributed by atoms with van der Waals surface area (Å²) in [7, 11) is 3.75. The van der Waals surface area contributed by atoms with Crippen LogP contribution in [0.2, 0.25) is 0 Å². The molecule has 6 heteroatoms. The van der Waals surface area contributed by atoms with Gasteiger partial charge in [0.1, 0.15) is 6.54 Å². The molecule has 2 N–H and O–H groups in total. The van der Waals surface area contributed by atoms with E-state index in [1.54, 1.807) is 19.9 Å². The number of para-hydroxylation sites is 2. The third kappa shape index (κ3) is 4.15. The molecule has 20 heavy (non-hydrogen) atoms. The first kappa shape index (κ1) is 15.8. The molecule has 0 saturated heterocycles. The molecule has 0 radical (unpaired) electrons. The van der Waals surface area contributed by atoms with Gasteiger partial charge in [0.25, 0.3) is 0 Å². The smallest absolute Gasteiger partial charge is 0.323 e. The molecule has 0 aliphatic carbocycles. The van der Waals surface area contributed by atoms with E-state index in [1.807, 2.05) is 37.2 Å². The Bertz CT molecular complexity index is 486. The number of urea groups is 1. The van der Waals surface area contributed by atoms with E-state index in [2.05, 4.69) is 5.32 Å². The Morgan fingerprint density at radius 1 is 1.25 bits per heavy atom. The summed E-state index contributed by atoms with van der Waals surface area (Å²) in [5.74, 6) is -1.03. The van der Waals surface area contributed by atoms with Crippen molar-refractivity contribution in [2.24, 2.45) is 0 Å². The van der Waals surface area contributed by atoms with Crippen LogP contribution in [0.25, 0.3) is 0 Å². The molecule has 0 spiro atoms. The summed E-state index contributed by atoms with van der Waals surface area (Å²) in [6.07, 6.45) is 0. The molecule has 0 heterocycles. The molecule has 0 aliphatic heterocycles. The summed E-state index contributed by atoms with van der Waals surface area (Å²) < 4.78 is 0. The number of hydrogen-bond donors (Lipinski definition) is 2. The highest BCUT2D eigenvalue weighted by Crippen LogP contribution is 2.23. The third-order valence-corrected chi connectivity index (χ3v) is 2.82. The zero-order valence-electron chi connectivity index (χ0n) is 12.3. The fraction of sp³-hybridized carbons (Fsp3) is 0.429. The second kappa shape index (κ2) is 6.79. The lowest BCUT2D eigenvalue weighted by atomic mass is 10.2. The number of rotatable bonds is 5. The average Bonchev–Trinajstić information content (AvgIpc) is 2.35. The Morgan fingerprint density at radius 2 is 1.85 bits per heavy atom. The van der Waals surface area contributed by atoms with Crippen LogP contribution in [0.15, 0.2) is 24.3 Å². The number of nitrogens with one attached hydrogen (secondary N) is 1. The minimum Gasteiger partial charge on any atom is -0.480 e. The standard InChI is InChI=1S/C14H21N3O3/c1-10(2)17(9-13(18)19)14(20)15-11-7-5-6-8-12(11)16(3)4/h5-8,10H,9H2,1-4H3,(H,15,20)(H,18,19). The van der Waals surface area contributed by atoms with Crippen molar-refractivity contribution in [1.29, 1.82) is 0 Å². The molecule has 6 nitrogen and oxygen atoms in total. The maximum absolute atomic E-state index is 12.2. The summed E-state index contributed by atoms with van der Waals surface area (Å²) in [6.45, 7) is 3.23. The summed E-state index contributed by atoms with van der Waals surface area (Å²) in [6, 6.07) is 6.75. The Hall–Kier alpha value is -2.24. The van der Waals surface area contributed by atoms with Crippen molar-refractivity contribution in [3.63, 3.8) is 0 Å². The zero-order valence-corrected chi connectivity index (χ0v) is 12.3. The van der Waals surface area contributed by atoms with Crippen LogP contribution < -0.4 is 10.2 Å². The van der Waals surface area contributed by atoms with Crippen molar-refractivity contribution < 1.29 is 14.7 Å². The SMILES string of the molecule is CC(C)N(CC(=O)O)C(=O)Nc1ccccc1N(C)C. The Morgan fingerprint density at radius 3 is 2.35 bits per heavy atom. The lowest BCUT2D eigenvalue weighted by Gasteiger charge is -2.26. The van der Waals surface area contributed by atoms with Gasteiger partial charge in [0.2, 0.25) is 0 Å². The average molecular weight is 279 g/mol. The van der Waals surface area contributed by atoms with Crippen LogP contribution in [-0.4, -0.2) is 48.7 Å². The van der Waals surface area contributed by atoms with Crippen LogP contribution in [0.3, 0.4) is 0 Å². The second-order valence-corrected chi connectivity index (χ2v) is 4.96. The Kier molecular flexibility index (Phi) is 5.37. The molecule has 0 saturated carbocycles. The summed E-state index contributed by atoms with van der Waals surface area (Å²) in [5, 5.41) is 11.6. The number of benzene rings is 1. The molecule has 110 valence electrons. The van der Waals surface area contributed by atoms with E-state index in [0.29, 0.717) is 5.69 Å². The first-order chi connectivity index (χ1) is 9.32. The number of hydrogen-bond acceptors (Lipinski definition) is 3. The van der Waals surface area contributed by atoms with E-state index in [-0.39, 0.29) is 12.6 Å². The Balaban J connectivity index is 2.91. The molecule has 0 unspecified atom stereocenters. The number of carbonyl (C=O) groups is 2. The summed E-state index contributed by atoms with van der Waals surface area (Å²) >= 11 is 0. The molecule has 1 rings (SSSR count). The van der Waals surface area contributed by atoms with Crippen molar-refractivity contribution in [3.05, 3.63) is 24.3 Å². The van der Waals surface area contributed by atoms with E-state index >= 15 is 0 Å². The van der Waals surface area contributed by atoms with Crippen molar-refractivity contribution in [1.82, 2.24) is 4.90 Å². The highest BCUT2D eigenvalue weighted by atomic mass is 16.4. The number of anilines is 2. The first-order valence-electron chi connectivity index (χ1n) is 6.38. The summed E-state index contributed by atoms with van der Waals surface area (Å²) in [4.78, 5) is 26.2. The van der Waals surface area contributed by atoms with Gasteiger partial charge in [-0.1, -0.05) is 12.1 Å². The van der Waals surface area contributed by atoms with Crippen molar-refractivity contribution >= 4 is 23.4 Å². The second-order valence-electron chi connectivity index (χ2n) is 4.96. The number of carboxylic acid groups (broad SMARTS) is 1. The number of carbonyl (C=O) groups excluding carboxylic acids is 1. The minimum absolute atomic E-state index is 0.197. The monoisotopic (exact) mass is 279 g/mol. The highest BCUT2D eigenvalue weighted by Gasteiger charge is 2.20.